The molecular weight excluding hydrogens is 392 g/mol. The number of methoxy groups -OCH3 is 2. The molecule has 150 valence electrons. The summed E-state index contributed by atoms with van der Waals surface area (Å²) < 4.78 is 10.4. The first kappa shape index (κ1) is 20.5. The average Bonchev–Trinajstić information content (AvgIpc) is 2.95. The zero-order chi connectivity index (χ0) is 21.0. The van der Waals surface area contributed by atoms with E-state index >= 15 is 0 Å². The number of anilines is 1. The second-order valence-electron chi connectivity index (χ2n) is 6.33. The van der Waals surface area contributed by atoms with Crippen LogP contribution >= 0.6 is 11.8 Å². The van der Waals surface area contributed by atoms with E-state index in [2.05, 4.69) is 5.32 Å². The number of benzene rings is 2. The molecule has 1 heterocycles. The molecule has 2 aromatic carbocycles. The fraction of sp³-hybridized carbons (Fsp3) is 0.190. The van der Waals surface area contributed by atoms with Crippen molar-refractivity contribution < 1.29 is 23.9 Å². The lowest BCUT2D eigenvalue weighted by atomic mass is 10.2. The topological polar surface area (TPSA) is 84.9 Å². The molecular formula is C21H20N2O5S. The molecule has 0 unspecified atom stereocenters. The first-order valence-electron chi connectivity index (χ1n) is 8.74. The van der Waals surface area contributed by atoms with Crippen molar-refractivity contribution in [2.75, 3.05) is 26.1 Å². The largest absolute Gasteiger partial charge is 0.497 e. The van der Waals surface area contributed by atoms with Crippen LogP contribution in [0.15, 0.2) is 47.4 Å². The fourth-order valence-corrected chi connectivity index (χ4v) is 3.61. The van der Waals surface area contributed by atoms with Crippen molar-refractivity contribution in [2.45, 2.75) is 6.92 Å². The molecule has 1 fully saturated rings. The lowest BCUT2D eigenvalue weighted by molar-refractivity contribution is -0.127. The predicted molar refractivity (Wildman–Crippen MR) is 112 cm³/mol. The Kier molecular flexibility index (Phi) is 6.23. The van der Waals surface area contributed by atoms with Crippen LogP contribution in [0.25, 0.3) is 6.08 Å². The summed E-state index contributed by atoms with van der Waals surface area (Å²) in [4.78, 5) is 38.4. The lowest BCUT2D eigenvalue weighted by Crippen LogP contribution is -2.36. The number of hydrogen-bond acceptors (Lipinski definition) is 6. The molecule has 8 heteroatoms. The zero-order valence-electron chi connectivity index (χ0n) is 16.2. The number of carbonyl (C=O) groups excluding carboxylic acids is 3. The van der Waals surface area contributed by atoms with Crippen molar-refractivity contribution in [3.05, 3.63) is 58.5 Å². The Hall–Kier alpha value is -3.26. The van der Waals surface area contributed by atoms with E-state index in [-0.39, 0.29) is 11.4 Å². The molecule has 0 aliphatic carbocycles. The maximum atomic E-state index is 12.6. The van der Waals surface area contributed by atoms with Gasteiger partial charge in [0.2, 0.25) is 5.91 Å². The molecule has 29 heavy (non-hydrogen) atoms. The van der Waals surface area contributed by atoms with E-state index in [1.54, 1.807) is 30.3 Å². The van der Waals surface area contributed by atoms with Crippen LogP contribution in [-0.2, 0) is 9.59 Å². The molecule has 1 aliphatic rings. The molecule has 1 N–H and O–H groups in total. The van der Waals surface area contributed by atoms with Crippen molar-refractivity contribution in [3.63, 3.8) is 0 Å². The van der Waals surface area contributed by atoms with Crippen LogP contribution in [-0.4, -0.2) is 42.7 Å². The van der Waals surface area contributed by atoms with Crippen LogP contribution in [0.1, 0.15) is 11.1 Å². The number of aryl methyl sites for hydroxylation is 1. The van der Waals surface area contributed by atoms with Gasteiger partial charge in [-0.15, -0.1) is 0 Å². The average molecular weight is 412 g/mol. The van der Waals surface area contributed by atoms with Gasteiger partial charge in [0.25, 0.3) is 11.1 Å². The number of carbonyl (C=O) groups is 3. The maximum absolute atomic E-state index is 12.6. The van der Waals surface area contributed by atoms with E-state index in [4.69, 9.17) is 9.47 Å². The van der Waals surface area contributed by atoms with Gasteiger partial charge in [-0.05, 0) is 60.2 Å². The van der Waals surface area contributed by atoms with Gasteiger partial charge >= 0.3 is 0 Å². The van der Waals surface area contributed by atoms with Crippen LogP contribution in [0.4, 0.5) is 10.5 Å². The molecule has 7 nitrogen and oxygen atoms in total. The first-order chi connectivity index (χ1) is 13.9. The summed E-state index contributed by atoms with van der Waals surface area (Å²) in [7, 11) is 3.05. The van der Waals surface area contributed by atoms with Crippen LogP contribution < -0.4 is 14.8 Å². The third kappa shape index (κ3) is 4.97. The Morgan fingerprint density at radius 3 is 2.41 bits per heavy atom. The third-order valence-electron chi connectivity index (χ3n) is 4.15. The normalized spacial score (nSPS) is 15.0. The van der Waals surface area contributed by atoms with Crippen LogP contribution in [0, 0.1) is 6.92 Å². The molecule has 2 aromatic rings. The van der Waals surface area contributed by atoms with Crippen molar-refractivity contribution in [3.8, 4) is 11.5 Å². The van der Waals surface area contributed by atoms with Gasteiger partial charge in [0.1, 0.15) is 18.0 Å². The smallest absolute Gasteiger partial charge is 0.294 e. The number of thioether (sulfide) groups is 1. The van der Waals surface area contributed by atoms with Crippen LogP contribution in [0.3, 0.4) is 0 Å². The number of rotatable bonds is 6. The monoisotopic (exact) mass is 412 g/mol. The van der Waals surface area contributed by atoms with Gasteiger partial charge in [-0.25, -0.2) is 0 Å². The zero-order valence-corrected chi connectivity index (χ0v) is 17.0. The molecule has 0 atom stereocenters. The van der Waals surface area contributed by atoms with Crippen molar-refractivity contribution >= 4 is 40.6 Å². The van der Waals surface area contributed by atoms with Crippen molar-refractivity contribution in [1.82, 2.24) is 4.90 Å². The van der Waals surface area contributed by atoms with Gasteiger partial charge in [-0.3, -0.25) is 19.3 Å². The molecule has 3 amide bonds. The minimum Gasteiger partial charge on any atom is -0.497 e. The Bertz CT molecular complexity index is 980. The molecule has 0 radical (unpaired) electrons. The Morgan fingerprint density at radius 1 is 1.10 bits per heavy atom. The van der Waals surface area contributed by atoms with Crippen LogP contribution in [0.2, 0.25) is 0 Å². The third-order valence-corrected chi connectivity index (χ3v) is 5.06. The van der Waals surface area contributed by atoms with Gasteiger partial charge < -0.3 is 14.8 Å². The van der Waals surface area contributed by atoms with E-state index < -0.39 is 17.1 Å². The highest BCUT2D eigenvalue weighted by Crippen LogP contribution is 2.33. The fourth-order valence-electron chi connectivity index (χ4n) is 2.77. The van der Waals surface area contributed by atoms with Crippen LogP contribution in [0.5, 0.6) is 11.5 Å². The van der Waals surface area contributed by atoms with Gasteiger partial charge in [0.15, 0.2) is 0 Å². The maximum Gasteiger partial charge on any atom is 0.294 e. The van der Waals surface area contributed by atoms with Crippen molar-refractivity contribution in [1.29, 1.82) is 0 Å². The number of nitrogens with zero attached hydrogens (tertiary/aromatic N) is 1. The molecule has 0 bridgehead atoms. The van der Waals surface area contributed by atoms with Gasteiger partial charge in [0, 0.05) is 11.8 Å². The quantitative estimate of drug-likeness (QED) is 0.729. The van der Waals surface area contributed by atoms with E-state index in [0.717, 1.165) is 22.2 Å². The minimum absolute atomic E-state index is 0.230. The highest BCUT2D eigenvalue weighted by atomic mass is 32.2. The standard InChI is InChI=1S/C21H20N2O5S/c1-13-5-4-6-15(7-13)22-19(24)12-23-20(25)18(29-21(23)26)10-14-8-16(27-2)11-17(9-14)28-3/h4-11H,12H2,1-3H3,(H,22,24)/b18-10+. The summed E-state index contributed by atoms with van der Waals surface area (Å²) in [5.41, 5.74) is 2.25. The highest BCUT2D eigenvalue weighted by Gasteiger charge is 2.36. The molecule has 1 aliphatic heterocycles. The predicted octanol–water partition coefficient (Wildman–Crippen LogP) is 3.69. The summed E-state index contributed by atoms with van der Waals surface area (Å²) in [6.07, 6.45) is 1.58. The molecule has 0 saturated carbocycles. The number of imide groups is 1. The van der Waals surface area contributed by atoms with E-state index in [1.165, 1.54) is 14.2 Å². The molecule has 1 saturated heterocycles. The first-order valence-corrected chi connectivity index (χ1v) is 9.56. The van der Waals surface area contributed by atoms with Crippen molar-refractivity contribution in [2.24, 2.45) is 0 Å². The van der Waals surface area contributed by atoms with Gasteiger partial charge in [-0.2, -0.15) is 0 Å². The Labute approximate surface area is 172 Å². The highest BCUT2D eigenvalue weighted by molar-refractivity contribution is 8.18. The molecule has 0 aromatic heterocycles. The van der Waals surface area contributed by atoms with Gasteiger partial charge in [0.05, 0.1) is 19.1 Å². The van der Waals surface area contributed by atoms with E-state index in [1.807, 2.05) is 25.1 Å². The summed E-state index contributed by atoms with van der Waals surface area (Å²) in [6.45, 7) is 1.56. The second kappa shape index (κ2) is 8.83. The number of amides is 3. The number of ether oxygens (including phenoxy) is 2. The molecule has 0 spiro atoms. The summed E-state index contributed by atoms with van der Waals surface area (Å²) >= 11 is 0.791. The van der Waals surface area contributed by atoms with E-state index in [9.17, 15) is 14.4 Å². The Balaban J connectivity index is 1.74. The lowest BCUT2D eigenvalue weighted by Gasteiger charge is -2.12. The van der Waals surface area contributed by atoms with E-state index in [0.29, 0.717) is 22.7 Å². The SMILES string of the molecule is COc1cc(/C=C2/SC(=O)N(CC(=O)Nc3cccc(C)c3)C2=O)cc(OC)c1. The summed E-state index contributed by atoms with van der Waals surface area (Å²) in [5.74, 6) is 0.170. The summed E-state index contributed by atoms with van der Waals surface area (Å²) in [5, 5.41) is 2.21. The van der Waals surface area contributed by atoms with Gasteiger partial charge in [-0.1, -0.05) is 12.1 Å². The Morgan fingerprint density at radius 2 is 1.79 bits per heavy atom. The second-order valence-corrected chi connectivity index (χ2v) is 7.32. The minimum atomic E-state index is -0.513. The summed E-state index contributed by atoms with van der Waals surface area (Å²) in [6, 6.07) is 12.4. The molecule has 3 rings (SSSR count). The number of hydrogen-bond donors (Lipinski definition) is 1. The number of nitrogens with one attached hydrogen (secondary N) is 1.